The molecular formula is C25H23N5OS2. The van der Waals surface area contributed by atoms with Gasteiger partial charge in [0.05, 0.1) is 22.9 Å². The third-order valence-electron chi connectivity index (χ3n) is 5.66. The van der Waals surface area contributed by atoms with Crippen LogP contribution in [-0.4, -0.2) is 32.0 Å². The van der Waals surface area contributed by atoms with Gasteiger partial charge in [-0.3, -0.25) is 4.79 Å². The predicted molar refractivity (Wildman–Crippen MR) is 134 cm³/mol. The fourth-order valence-electron chi connectivity index (χ4n) is 3.81. The zero-order chi connectivity index (χ0) is 22.8. The summed E-state index contributed by atoms with van der Waals surface area (Å²) in [5.74, 6) is -0.0721. The second-order valence-corrected chi connectivity index (χ2v) is 10.0. The Labute approximate surface area is 200 Å². The number of rotatable bonds is 7. The highest BCUT2D eigenvalue weighted by Gasteiger charge is 2.17. The molecule has 0 aliphatic heterocycles. The molecule has 1 N–H and O–H groups in total. The van der Waals surface area contributed by atoms with E-state index in [2.05, 4.69) is 44.7 Å². The number of hydrogen-bond acceptors (Lipinski definition) is 6. The number of hydrogen-bond donors (Lipinski definition) is 1. The molecule has 8 heteroatoms. The SMILES string of the molecule is Cc1sc2ncnc(Sc3ccccc3C(=O)NCCCn3cnc4ccccc43)c2c1C. The van der Waals surface area contributed by atoms with E-state index < -0.39 is 0 Å². The number of fused-ring (bicyclic) bond motifs is 2. The summed E-state index contributed by atoms with van der Waals surface area (Å²) in [5, 5.41) is 5.03. The van der Waals surface area contributed by atoms with Crippen LogP contribution in [0.15, 0.2) is 71.1 Å². The van der Waals surface area contributed by atoms with E-state index in [0.29, 0.717) is 12.1 Å². The Bertz CT molecular complexity index is 1460. The Kier molecular flexibility index (Phi) is 6.11. The summed E-state index contributed by atoms with van der Waals surface area (Å²) >= 11 is 3.20. The highest BCUT2D eigenvalue weighted by molar-refractivity contribution is 7.99. The molecule has 6 nitrogen and oxygen atoms in total. The van der Waals surface area contributed by atoms with E-state index in [-0.39, 0.29) is 5.91 Å². The molecule has 0 saturated carbocycles. The van der Waals surface area contributed by atoms with Crippen LogP contribution in [0.2, 0.25) is 0 Å². The Morgan fingerprint density at radius 2 is 1.88 bits per heavy atom. The van der Waals surface area contributed by atoms with Crippen LogP contribution in [0.1, 0.15) is 27.2 Å². The van der Waals surface area contributed by atoms with Gasteiger partial charge in [-0.25, -0.2) is 15.0 Å². The number of para-hydroxylation sites is 2. The lowest BCUT2D eigenvalue weighted by molar-refractivity contribution is 0.0950. The van der Waals surface area contributed by atoms with Crippen LogP contribution in [-0.2, 0) is 6.54 Å². The lowest BCUT2D eigenvalue weighted by Crippen LogP contribution is -2.25. The largest absolute Gasteiger partial charge is 0.352 e. The van der Waals surface area contributed by atoms with Gasteiger partial charge in [-0.15, -0.1) is 11.3 Å². The molecule has 0 unspecified atom stereocenters. The summed E-state index contributed by atoms with van der Waals surface area (Å²) in [6.45, 7) is 5.59. The number of nitrogens with zero attached hydrogens (tertiary/aromatic N) is 4. The Morgan fingerprint density at radius 3 is 2.79 bits per heavy atom. The first-order valence-electron chi connectivity index (χ1n) is 10.8. The molecule has 0 aliphatic carbocycles. The fourth-order valence-corrected chi connectivity index (χ4v) is 5.95. The third-order valence-corrected chi connectivity index (χ3v) is 7.85. The minimum absolute atomic E-state index is 0.0721. The standard InChI is InChI=1S/C25H23N5OS2/c1-16-17(2)32-24-22(16)25(28-14-27-24)33-21-11-6-3-8-18(21)23(31)26-12-7-13-30-15-29-19-9-4-5-10-20(19)30/h3-6,8-11,14-15H,7,12-13H2,1-2H3,(H,26,31). The normalized spacial score (nSPS) is 11.3. The predicted octanol–water partition coefficient (Wildman–Crippen LogP) is 5.63. The topological polar surface area (TPSA) is 72.7 Å². The Hall–Kier alpha value is -3.23. The van der Waals surface area contributed by atoms with E-state index in [1.54, 1.807) is 17.7 Å². The van der Waals surface area contributed by atoms with Gasteiger partial charge < -0.3 is 9.88 Å². The monoisotopic (exact) mass is 473 g/mol. The summed E-state index contributed by atoms with van der Waals surface area (Å²) in [7, 11) is 0. The summed E-state index contributed by atoms with van der Waals surface area (Å²) in [5.41, 5.74) is 3.96. The smallest absolute Gasteiger partial charge is 0.252 e. The second-order valence-electron chi connectivity index (χ2n) is 7.78. The van der Waals surface area contributed by atoms with Crippen molar-refractivity contribution >= 4 is 50.3 Å². The Morgan fingerprint density at radius 1 is 1.06 bits per heavy atom. The van der Waals surface area contributed by atoms with Crippen LogP contribution in [0.3, 0.4) is 0 Å². The number of benzene rings is 2. The highest BCUT2D eigenvalue weighted by Crippen LogP contribution is 2.38. The van der Waals surface area contributed by atoms with Gasteiger partial charge in [0, 0.05) is 28.2 Å². The van der Waals surface area contributed by atoms with Gasteiger partial charge in [0.2, 0.25) is 0 Å². The second kappa shape index (κ2) is 9.33. The molecule has 0 aliphatic rings. The van der Waals surface area contributed by atoms with Crippen molar-refractivity contribution in [3.63, 3.8) is 0 Å². The molecule has 5 aromatic rings. The van der Waals surface area contributed by atoms with E-state index in [4.69, 9.17) is 0 Å². The van der Waals surface area contributed by atoms with Crippen LogP contribution in [0.4, 0.5) is 0 Å². The van der Waals surface area contributed by atoms with Gasteiger partial charge in [0.15, 0.2) is 0 Å². The zero-order valence-corrected chi connectivity index (χ0v) is 20.0. The van der Waals surface area contributed by atoms with E-state index in [9.17, 15) is 4.79 Å². The van der Waals surface area contributed by atoms with Crippen LogP contribution < -0.4 is 5.32 Å². The summed E-state index contributed by atoms with van der Waals surface area (Å²) in [6, 6.07) is 15.8. The third kappa shape index (κ3) is 4.36. The van der Waals surface area contributed by atoms with Crippen molar-refractivity contribution in [2.24, 2.45) is 0 Å². The molecule has 33 heavy (non-hydrogen) atoms. The van der Waals surface area contributed by atoms with Crippen molar-refractivity contribution in [2.45, 2.75) is 36.7 Å². The summed E-state index contributed by atoms with van der Waals surface area (Å²) in [6.07, 6.45) is 4.28. The Balaban J connectivity index is 1.27. The first-order chi connectivity index (χ1) is 16.1. The van der Waals surface area contributed by atoms with Crippen molar-refractivity contribution in [2.75, 3.05) is 6.54 Å². The van der Waals surface area contributed by atoms with Crippen LogP contribution in [0.25, 0.3) is 21.3 Å². The number of carbonyl (C=O) groups excluding carboxylic acids is 1. The first-order valence-corrected chi connectivity index (χ1v) is 12.4. The quantitative estimate of drug-likeness (QED) is 0.245. The number of thiophene rings is 1. The van der Waals surface area contributed by atoms with Gasteiger partial charge in [-0.1, -0.05) is 36.0 Å². The van der Waals surface area contributed by atoms with Crippen molar-refractivity contribution in [1.29, 1.82) is 0 Å². The van der Waals surface area contributed by atoms with Crippen LogP contribution in [0, 0.1) is 13.8 Å². The maximum Gasteiger partial charge on any atom is 0.252 e. The molecule has 1 amide bonds. The van der Waals surface area contributed by atoms with Crippen molar-refractivity contribution < 1.29 is 4.79 Å². The minimum Gasteiger partial charge on any atom is -0.352 e. The number of nitrogens with one attached hydrogen (secondary N) is 1. The minimum atomic E-state index is -0.0721. The van der Waals surface area contributed by atoms with Gasteiger partial charge >= 0.3 is 0 Å². The van der Waals surface area contributed by atoms with Gasteiger partial charge in [0.25, 0.3) is 5.91 Å². The van der Waals surface area contributed by atoms with Gasteiger partial charge in [0.1, 0.15) is 16.2 Å². The molecule has 0 atom stereocenters. The molecular weight excluding hydrogens is 450 g/mol. The highest BCUT2D eigenvalue weighted by atomic mass is 32.2. The average Bonchev–Trinajstić information content (AvgIpc) is 3.38. The van der Waals surface area contributed by atoms with Gasteiger partial charge in [-0.05, 0) is 50.1 Å². The summed E-state index contributed by atoms with van der Waals surface area (Å²) < 4.78 is 2.12. The number of carbonyl (C=O) groups is 1. The van der Waals surface area contributed by atoms with E-state index >= 15 is 0 Å². The molecule has 3 aromatic heterocycles. The lowest BCUT2D eigenvalue weighted by Gasteiger charge is -2.11. The summed E-state index contributed by atoms with van der Waals surface area (Å²) in [4.78, 5) is 29.5. The van der Waals surface area contributed by atoms with E-state index in [0.717, 1.165) is 44.1 Å². The van der Waals surface area contributed by atoms with E-state index in [1.807, 2.05) is 48.8 Å². The molecule has 0 fully saturated rings. The maximum absolute atomic E-state index is 13.0. The lowest BCUT2D eigenvalue weighted by atomic mass is 10.2. The molecule has 0 spiro atoms. The number of aryl methyl sites for hydroxylation is 3. The van der Waals surface area contributed by atoms with Crippen LogP contribution in [0.5, 0.6) is 0 Å². The van der Waals surface area contributed by atoms with Crippen molar-refractivity contribution in [3.8, 4) is 0 Å². The molecule has 0 saturated heterocycles. The molecule has 5 rings (SSSR count). The molecule has 0 bridgehead atoms. The van der Waals surface area contributed by atoms with Crippen LogP contribution >= 0.6 is 23.1 Å². The van der Waals surface area contributed by atoms with Crippen molar-refractivity contribution in [1.82, 2.24) is 24.8 Å². The molecule has 3 heterocycles. The first kappa shape index (κ1) is 21.6. The van der Waals surface area contributed by atoms with E-state index in [1.165, 1.54) is 22.2 Å². The number of imidazole rings is 1. The molecule has 0 radical (unpaired) electrons. The average molecular weight is 474 g/mol. The maximum atomic E-state index is 13.0. The fraction of sp³-hybridized carbons (Fsp3) is 0.200. The van der Waals surface area contributed by atoms with Crippen molar-refractivity contribution in [3.05, 3.63) is 77.2 Å². The van der Waals surface area contributed by atoms with Gasteiger partial charge in [-0.2, -0.15) is 0 Å². The zero-order valence-electron chi connectivity index (χ0n) is 18.4. The number of amides is 1. The molecule has 2 aromatic carbocycles. The molecule has 166 valence electrons. The number of aromatic nitrogens is 4.